The number of amides is 1. The van der Waals surface area contributed by atoms with Crippen LogP contribution in [0.2, 0.25) is 0 Å². The maximum atomic E-state index is 13.1. The van der Waals surface area contributed by atoms with Crippen molar-refractivity contribution in [3.05, 3.63) is 65.5 Å². The van der Waals surface area contributed by atoms with Gasteiger partial charge in [-0.2, -0.15) is 8.78 Å². The molecule has 1 N–H and O–H groups in total. The molecule has 0 unspecified atom stereocenters. The van der Waals surface area contributed by atoms with Crippen molar-refractivity contribution >= 4 is 5.91 Å². The van der Waals surface area contributed by atoms with E-state index < -0.39 is 12.5 Å². The first-order valence-corrected chi connectivity index (χ1v) is 7.48. The number of carbonyl (C=O) groups is 1. The Morgan fingerprint density at radius 3 is 2.33 bits per heavy atom. The second-order valence-electron chi connectivity index (χ2n) is 5.65. The van der Waals surface area contributed by atoms with Crippen molar-refractivity contribution in [2.75, 3.05) is 0 Å². The number of ether oxygens (including phenoxy) is 1. The first-order chi connectivity index (χ1) is 11.4. The average Bonchev–Trinajstić information content (AvgIpc) is 2.53. The monoisotopic (exact) mass is 337 g/mol. The van der Waals surface area contributed by atoms with E-state index in [0.29, 0.717) is 0 Å². The fraction of sp³-hybridized carbons (Fsp3) is 0.278. The summed E-state index contributed by atoms with van der Waals surface area (Å²) in [4.78, 5) is 12.4. The molecule has 0 bridgehead atoms. The lowest BCUT2D eigenvalue weighted by molar-refractivity contribution is -0.0498. The Morgan fingerprint density at radius 1 is 1.08 bits per heavy atom. The Balaban J connectivity index is 2.17. The van der Waals surface area contributed by atoms with Crippen molar-refractivity contribution in [2.45, 2.75) is 26.5 Å². The van der Waals surface area contributed by atoms with Gasteiger partial charge in [0, 0.05) is 5.56 Å². The van der Waals surface area contributed by atoms with Gasteiger partial charge in [-0.15, -0.1) is 0 Å². The van der Waals surface area contributed by atoms with E-state index in [0.717, 1.165) is 5.56 Å². The second-order valence-corrected chi connectivity index (χ2v) is 5.65. The third-order valence-electron chi connectivity index (χ3n) is 3.50. The fourth-order valence-corrected chi connectivity index (χ4v) is 2.34. The molecule has 0 radical (unpaired) electrons. The minimum absolute atomic E-state index is 0.0555. The van der Waals surface area contributed by atoms with E-state index >= 15 is 0 Å². The Labute approximate surface area is 138 Å². The highest BCUT2D eigenvalue weighted by molar-refractivity contribution is 5.94. The molecule has 2 rings (SSSR count). The van der Waals surface area contributed by atoms with E-state index in [9.17, 15) is 18.0 Å². The summed E-state index contributed by atoms with van der Waals surface area (Å²) in [6.45, 7) is 0.890. The molecule has 1 amide bonds. The minimum atomic E-state index is -2.95. The quantitative estimate of drug-likeness (QED) is 0.839. The van der Waals surface area contributed by atoms with Gasteiger partial charge in [-0.1, -0.05) is 32.0 Å². The van der Waals surface area contributed by atoms with Gasteiger partial charge in [-0.05, 0) is 41.8 Å². The zero-order chi connectivity index (χ0) is 17.7. The Hall–Kier alpha value is -2.50. The highest BCUT2D eigenvalue weighted by Crippen LogP contribution is 2.23. The van der Waals surface area contributed by atoms with Crippen molar-refractivity contribution in [3.63, 3.8) is 0 Å². The van der Waals surface area contributed by atoms with Gasteiger partial charge in [0.25, 0.3) is 5.91 Å². The van der Waals surface area contributed by atoms with Crippen LogP contribution in [0.15, 0.2) is 48.5 Å². The first-order valence-electron chi connectivity index (χ1n) is 7.48. The van der Waals surface area contributed by atoms with Crippen LogP contribution in [0.4, 0.5) is 13.2 Å². The first kappa shape index (κ1) is 17.8. The van der Waals surface area contributed by atoms with E-state index in [-0.39, 0.29) is 29.1 Å². The van der Waals surface area contributed by atoms with Crippen LogP contribution in [0.5, 0.6) is 5.75 Å². The number of hydrogen-bond donors (Lipinski definition) is 1. The molecule has 0 aromatic heterocycles. The number of benzene rings is 2. The molecule has 2 aromatic carbocycles. The zero-order valence-electron chi connectivity index (χ0n) is 13.3. The molecular weight excluding hydrogens is 319 g/mol. The van der Waals surface area contributed by atoms with Crippen molar-refractivity contribution in [2.24, 2.45) is 5.92 Å². The normalized spacial score (nSPS) is 12.3. The van der Waals surface area contributed by atoms with Gasteiger partial charge in [-0.3, -0.25) is 4.79 Å². The summed E-state index contributed by atoms with van der Waals surface area (Å²) in [7, 11) is 0. The van der Waals surface area contributed by atoms with E-state index in [2.05, 4.69) is 10.1 Å². The van der Waals surface area contributed by atoms with Gasteiger partial charge in [0.1, 0.15) is 11.6 Å². The van der Waals surface area contributed by atoms with E-state index in [1.54, 1.807) is 12.1 Å². The number of rotatable bonds is 6. The van der Waals surface area contributed by atoms with Gasteiger partial charge in [0.2, 0.25) is 0 Å². The number of alkyl halides is 2. The molecule has 6 heteroatoms. The van der Waals surface area contributed by atoms with Crippen LogP contribution in [0.3, 0.4) is 0 Å². The summed E-state index contributed by atoms with van der Waals surface area (Å²) < 4.78 is 41.9. The lowest BCUT2D eigenvalue weighted by atomic mass is 9.95. The molecule has 24 heavy (non-hydrogen) atoms. The predicted octanol–water partition coefficient (Wildman–Crippen LogP) is 4.55. The van der Waals surface area contributed by atoms with Crippen molar-refractivity contribution in [1.29, 1.82) is 0 Å². The van der Waals surface area contributed by atoms with Crippen molar-refractivity contribution in [3.8, 4) is 5.75 Å². The molecule has 0 aliphatic carbocycles. The van der Waals surface area contributed by atoms with Crippen LogP contribution in [-0.4, -0.2) is 12.5 Å². The van der Waals surface area contributed by atoms with E-state index in [1.165, 1.54) is 36.4 Å². The fourth-order valence-electron chi connectivity index (χ4n) is 2.34. The summed E-state index contributed by atoms with van der Waals surface area (Å²) in [5, 5.41) is 2.84. The minimum Gasteiger partial charge on any atom is -0.435 e. The van der Waals surface area contributed by atoms with Gasteiger partial charge in [0.15, 0.2) is 0 Å². The Morgan fingerprint density at radius 2 is 1.75 bits per heavy atom. The molecule has 3 nitrogen and oxygen atoms in total. The zero-order valence-corrected chi connectivity index (χ0v) is 13.3. The van der Waals surface area contributed by atoms with Crippen LogP contribution < -0.4 is 10.1 Å². The summed E-state index contributed by atoms with van der Waals surface area (Å²) >= 11 is 0. The summed E-state index contributed by atoms with van der Waals surface area (Å²) in [6, 6.07) is 11.1. The molecular formula is C18H18F3NO2. The molecule has 1 atom stereocenters. The van der Waals surface area contributed by atoms with Crippen molar-refractivity contribution in [1.82, 2.24) is 5.32 Å². The molecule has 128 valence electrons. The SMILES string of the molecule is CC(C)[C@@H](NC(=O)c1cccc(OC(F)F)c1)c1ccc(F)cc1. The van der Waals surface area contributed by atoms with E-state index in [4.69, 9.17) is 0 Å². The Kier molecular flexibility index (Phi) is 5.84. The molecule has 0 aliphatic rings. The van der Waals surface area contributed by atoms with Gasteiger partial charge in [-0.25, -0.2) is 4.39 Å². The van der Waals surface area contributed by atoms with Gasteiger partial charge < -0.3 is 10.1 Å². The maximum Gasteiger partial charge on any atom is 0.387 e. The number of carbonyl (C=O) groups excluding carboxylic acids is 1. The summed E-state index contributed by atoms with van der Waals surface area (Å²) in [5.74, 6) is -0.803. The van der Waals surface area contributed by atoms with E-state index in [1.807, 2.05) is 13.8 Å². The second kappa shape index (κ2) is 7.86. The number of hydrogen-bond acceptors (Lipinski definition) is 2. The largest absolute Gasteiger partial charge is 0.435 e. The molecule has 0 spiro atoms. The molecule has 0 heterocycles. The maximum absolute atomic E-state index is 13.1. The van der Waals surface area contributed by atoms with Crippen molar-refractivity contribution < 1.29 is 22.7 Å². The summed E-state index contributed by atoms with van der Waals surface area (Å²) in [6.07, 6.45) is 0. The highest BCUT2D eigenvalue weighted by Gasteiger charge is 2.19. The lowest BCUT2D eigenvalue weighted by Gasteiger charge is -2.23. The molecule has 0 saturated heterocycles. The average molecular weight is 337 g/mol. The standard InChI is InChI=1S/C18H18F3NO2/c1-11(2)16(12-6-8-14(19)9-7-12)22-17(23)13-4-3-5-15(10-13)24-18(20)21/h3-11,16,18H,1-2H3,(H,22,23)/t16-/m1/s1. The number of halogens is 3. The topological polar surface area (TPSA) is 38.3 Å². The lowest BCUT2D eigenvalue weighted by Crippen LogP contribution is -2.31. The molecule has 0 fully saturated rings. The van der Waals surface area contributed by atoms with Crippen LogP contribution in [0.25, 0.3) is 0 Å². The Bertz CT molecular complexity index is 687. The van der Waals surface area contributed by atoms with Gasteiger partial charge in [0.05, 0.1) is 6.04 Å². The third-order valence-corrected chi connectivity index (χ3v) is 3.50. The molecule has 0 saturated carbocycles. The van der Waals surface area contributed by atoms with Crippen LogP contribution in [0.1, 0.15) is 35.8 Å². The third kappa shape index (κ3) is 4.75. The highest BCUT2D eigenvalue weighted by atomic mass is 19.3. The smallest absolute Gasteiger partial charge is 0.387 e. The molecule has 2 aromatic rings. The van der Waals surface area contributed by atoms with Crippen LogP contribution in [-0.2, 0) is 0 Å². The number of nitrogens with one attached hydrogen (secondary N) is 1. The predicted molar refractivity (Wildman–Crippen MR) is 84.5 cm³/mol. The van der Waals surface area contributed by atoms with Gasteiger partial charge >= 0.3 is 6.61 Å². The van der Waals surface area contributed by atoms with Crippen LogP contribution in [0, 0.1) is 11.7 Å². The molecule has 0 aliphatic heterocycles. The summed E-state index contributed by atoms with van der Waals surface area (Å²) in [5.41, 5.74) is 0.973. The van der Waals surface area contributed by atoms with Crippen LogP contribution >= 0.6 is 0 Å².